The van der Waals surface area contributed by atoms with Crippen molar-refractivity contribution in [2.24, 2.45) is 0 Å². The van der Waals surface area contributed by atoms with Gasteiger partial charge in [0, 0.05) is 10.2 Å². The Morgan fingerprint density at radius 3 is 1.78 bits per heavy atom. The lowest BCUT2D eigenvalue weighted by atomic mass is 10.2. The van der Waals surface area contributed by atoms with Gasteiger partial charge in [0.25, 0.3) is 6.08 Å². The Kier molecular flexibility index (Phi) is 5.54. The van der Waals surface area contributed by atoms with Crippen LogP contribution in [-0.2, 0) is 0 Å². The van der Waals surface area contributed by atoms with Gasteiger partial charge in [-0.05, 0) is 17.7 Å². The molecule has 0 unspecified atom stereocenters. The van der Waals surface area contributed by atoms with Crippen LogP contribution in [0.25, 0.3) is 5.20 Å². The predicted molar refractivity (Wildman–Crippen MR) is 77.8 cm³/mol. The van der Waals surface area contributed by atoms with E-state index in [0.29, 0.717) is 15.8 Å². The highest BCUT2D eigenvalue weighted by Gasteiger charge is 2.35. The molecule has 0 saturated carbocycles. The van der Waals surface area contributed by atoms with Crippen LogP contribution in [-0.4, -0.2) is 8.07 Å². The minimum atomic E-state index is -2.08. The van der Waals surface area contributed by atoms with Crippen LogP contribution in [0.1, 0.15) is 26.3 Å². The Bertz CT molecular complexity index is 410. The van der Waals surface area contributed by atoms with Crippen LogP contribution in [0.5, 0.6) is 0 Å². The molecule has 0 aliphatic heterocycles. The topological polar surface area (TPSA) is 0 Å². The molecule has 1 aromatic carbocycles. The van der Waals surface area contributed by atoms with Crippen LogP contribution in [0.4, 0.5) is 8.78 Å². The Balaban J connectivity index is 3.36. The van der Waals surface area contributed by atoms with Crippen molar-refractivity contribution < 1.29 is 8.78 Å². The second kappa shape index (κ2) is 6.48. The van der Waals surface area contributed by atoms with E-state index in [4.69, 9.17) is 11.6 Å². The van der Waals surface area contributed by atoms with E-state index < -0.39 is 14.2 Å². The van der Waals surface area contributed by atoms with E-state index in [1.165, 1.54) is 0 Å². The van der Waals surface area contributed by atoms with Crippen molar-refractivity contribution in [3.8, 4) is 0 Å². The maximum Gasteiger partial charge on any atom is 0.270 e. The van der Waals surface area contributed by atoms with Crippen LogP contribution in [0.3, 0.4) is 0 Å². The zero-order chi connectivity index (χ0) is 13.8. The maximum atomic E-state index is 13.4. The molecule has 0 spiro atoms. The van der Waals surface area contributed by atoms with Crippen LogP contribution < -0.4 is 0 Å². The van der Waals surface area contributed by atoms with Gasteiger partial charge in [0.1, 0.15) is 0 Å². The smallest absolute Gasteiger partial charge is 0.174 e. The van der Waals surface area contributed by atoms with E-state index in [1.807, 2.05) is 20.8 Å². The molecule has 0 aromatic heterocycles. The number of hydrogen-bond acceptors (Lipinski definition) is 0. The summed E-state index contributed by atoms with van der Waals surface area (Å²) in [6.07, 6.45) is -1.52. The summed E-state index contributed by atoms with van der Waals surface area (Å²) in [5.41, 5.74) is 0.636. The average Bonchev–Trinajstić information content (AvgIpc) is 2.37. The Hall–Kier alpha value is -0.673. The standard InChI is InChI=1S/C14H19ClF2Si/c1-4-18(5-2,6-3)13(14(16)17)11-7-9-12(15)10-8-11/h7-10H,4-6H2,1-3H3. The van der Waals surface area contributed by atoms with Crippen molar-refractivity contribution in [1.29, 1.82) is 0 Å². The number of halogens is 3. The van der Waals surface area contributed by atoms with Gasteiger partial charge in [-0.1, -0.05) is 62.6 Å². The zero-order valence-electron chi connectivity index (χ0n) is 11.1. The molecule has 100 valence electrons. The fraction of sp³-hybridized carbons (Fsp3) is 0.429. The predicted octanol–water partition coefficient (Wildman–Crippen LogP) is 6.00. The molecule has 0 bridgehead atoms. The van der Waals surface area contributed by atoms with Crippen molar-refractivity contribution in [2.45, 2.75) is 38.9 Å². The summed E-state index contributed by atoms with van der Waals surface area (Å²) in [6.45, 7) is 6.08. The van der Waals surface area contributed by atoms with Gasteiger partial charge < -0.3 is 0 Å². The largest absolute Gasteiger partial charge is 0.270 e. The summed E-state index contributed by atoms with van der Waals surface area (Å²) in [5.74, 6) is 0. The van der Waals surface area contributed by atoms with Gasteiger partial charge in [0.2, 0.25) is 0 Å². The molecule has 0 fully saturated rings. The maximum absolute atomic E-state index is 13.4. The molecule has 0 nitrogen and oxygen atoms in total. The van der Waals surface area contributed by atoms with Gasteiger partial charge in [0.05, 0.1) is 8.07 Å². The summed E-state index contributed by atoms with van der Waals surface area (Å²) in [5, 5.41) is 0.890. The molecule has 0 aliphatic rings. The normalized spacial score (nSPS) is 11.4. The highest BCUT2D eigenvalue weighted by atomic mass is 35.5. The van der Waals surface area contributed by atoms with Gasteiger partial charge in [-0.25, -0.2) is 0 Å². The molecule has 18 heavy (non-hydrogen) atoms. The second-order valence-corrected chi connectivity index (χ2v) is 10.1. The SMILES string of the molecule is CC[Si](CC)(CC)C(=C(F)F)c1ccc(Cl)cc1. The molecule has 4 heteroatoms. The van der Waals surface area contributed by atoms with Crippen molar-refractivity contribution in [2.75, 3.05) is 0 Å². The van der Waals surface area contributed by atoms with Crippen LogP contribution in [0.15, 0.2) is 30.3 Å². The van der Waals surface area contributed by atoms with Gasteiger partial charge >= 0.3 is 0 Å². The van der Waals surface area contributed by atoms with Crippen molar-refractivity contribution in [3.05, 3.63) is 40.9 Å². The Morgan fingerprint density at radius 1 is 1.00 bits per heavy atom. The lowest BCUT2D eigenvalue weighted by Crippen LogP contribution is -2.34. The minimum Gasteiger partial charge on any atom is -0.174 e. The van der Waals surface area contributed by atoms with E-state index in [9.17, 15) is 8.78 Å². The number of benzene rings is 1. The lowest BCUT2D eigenvalue weighted by molar-refractivity contribution is 0.427. The Morgan fingerprint density at radius 2 is 1.44 bits per heavy atom. The quantitative estimate of drug-likeness (QED) is 0.583. The van der Waals surface area contributed by atoms with Gasteiger partial charge in [-0.2, -0.15) is 8.78 Å². The third-order valence-electron chi connectivity index (χ3n) is 3.88. The van der Waals surface area contributed by atoms with E-state index >= 15 is 0 Å². The van der Waals surface area contributed by atoms with Crippen LogP contribution in [0, 0.1) is 0 Å². The van der Waals surface area contributed by atoms with Gasteiger partial charge in [-0.3, -0.25) is 0 Å². The summed E-state index contributed by atoms with van der Waals surface area (Å²) < 4.78 is 26.8. The van der Waals surface area contributed by atoms with Gasteiger partial charge in [-0.15, -0.1) is 0 Å². The molecule has 0 N–H and O–H groups in total. The molecule has 0 radical (unpaired) electrons. The Labute approximate surface area is 114 Å². The first kappa shape index (κ1) is 15.4. The lowest BCUT2D eigenvalue weighted by Gasteiger charge is -2.30. The summed E-state index contributed by atoms with van der Waals surface area (Å²) >= 11 is 5.82. The molecule has 0 aliphatic carbocycles. The first-order valence-corrected chi connectivity index (χ1v) is 9.32. The van der Waals surface area contributed by atoms with Crippen molar-refractivity contribution in [1.82, 2.24) is 0 Å². The van der Waals surface area contributed by atoms with Crippen LogP contribution in [0.2, 0.25) is 23.2 Å². The van der Waals surface area contributed by atoms with Crippen LogP contribution >= 0.6 is 11.6 Å². The van der Waals surface area contributed by atoms with Crippen molar-refractivity contribution in [3.63, 3.8) is 0 Å². The third-order valence-corrected chi connectivity index (χ3v) is 9.73. The number of hydrogen-bond donors (Lipinski definition) is 0. The molecular formula is C14H19ClF2Si. The van der Waals surface area contributed by atoms with E-state index in [1.54, 1.807) is 24.3 Å². The van der Waals surface area contributed by atoms with Crippen molar-refractivity contribution >= 4 is 24.9 Å². The highest BCUT2D eigenvalue weighted by Crippen LogP contribution is 2.38. The fourth-order valence-electron chi connectivity index (χ4n) is 2.51. The van der Waals surface area contributed by atoms with E-state index in [0.717, 1.165) is 18.1 Å². The minimum absolute atomic E-state index is 0.312. The molecular weight excluding hydrogens is 270 g/mol. The molecule has 1 rings (SSSR count). The van der Waals surface area contributed by atoms with E-state index in [-0.39, 0.29) is 0 Å². The number of rotatable bonds is 5. The molecule has 0 atom stereocenters. The summed E-state index contributed by atoms with van der Waals surface area (Å²) in [6, 6.07) is 9.30. The fourth-order valence-corrected chi connectivity index (χ4v) is 6.38. The highest BCUT2D eigenvalue weighted by molar-refractivity contribution is 6.96. The average molecular weight is 289 g/mol. The summed E-state index contributed by atoms with van der Waals surface area (Å²) in [7, 11) is -2.08. The second-order valence-electron chi connectivity index (χ2n) is 4.48. The third kappa shape index (κ3) is 3.01. The molecule has 0 amide bonds. The molecule has 0 heterocycles. The molecule has 0 saturated heterocycles. The first-order chi connectivity index (χ1) is 8.50. The zero-order valence-corrected chi connectivity index (χ0v) is 12.8. The molecule has 1 aromatic rings. The van der Waals surface area contributed by atoms with E-state index in [2.05, 4.69) is 0 Å². The van der Waals surface area contributed by atoms with Gasteiger partial charge in [0.15, 0.2) is 0 Å². The summed E-state index contributed by atoms with van der Waals surface area (Å²) in [4.78, 5) is 0. The monoisotopic (exact) mass is 288 g/mol. The first-order valence-electron chi connectivity index (χ1n) is 6.32.